The number of piperazine rings is 1. The van der Waals surface area contributed by atoms with Crippen molar-refractivity contribution in [1.82, 2.24) is 15.1 Å². The Bertz CT molecular complexity index is 594. The molecule has 130 valence electrons. The number of hydrogen-bond acceptors (Lipinski definition) is 4. The summed E-state index contributed by atoms with van der Waals surface area (Å²) in [6.07, 6.45) is 1.79. The molecule has 0 saturated carbocycles. The Balaban J connectivity index is 1.54. The minimum absolute atomic E-state index is 0.0439. The molecule has 2 N–H and O–H groups in total. The fourth-order valence-corrected chi connectivity index (χ4v) is 3.53. The van der Waals surface area contributed by atoms with E-state index >= 15 is 0 Å². The molecule has 3 rings (SSSR count). The van der Waals surface area contributed by atoms with E-state index in [1.807, 2.05) is 4.90 Å². The summed E-state index contributed by atoms with van der Waals surface area (Å²) in [4.78, 5) is 28.8. The van der Waals surface area contributed by atoms with Gasteiger partial charge in [0.25, 0.3) is 5.91 Å². The van der Waals surface area contributed by atoms with Gasteiger partial charge in [-0.05, 0) is 50.6 Å². The second-order valence-electron chi connectivity index (χ2n) is 6.74. The number of aromatic hydroxyl groups is 1. The fourth-order valence-electron chi connectivity index (χ4n) is 3.53. The lowest BCUT2D eigenvalue weighted by atomic mass is 9.92. The molecule has 1 aromatic carbocycles. The van der Waals surface area contributed by atoms with Gasteiger partial charge in [-0.2, -0.15) is 0 Å². The van der Waals surface area contributed by atoms with Crippen LogP contribution in [-0.4, -0.2) is 65.5 Å². The molecule has 2 heterocycles. The normalized spacial score (nSPS) is 24.7. The molecule has 2 fully saturated rings. The van der Waals surface area contributed by atoms with E-state index in [4.69, 9.17) is 0 Å². The van der Waals surface area contributed by atoms with Gasteiger partial charge in [0.15, 0.2) is 0 Å². The van der Waals surface area contributed by atoms with Crippen LogP contribution in [0, 0.1) is 5.92 Å². The number of rotatable bonds is 2. The molecular formula is C18H25N3O3. The van der Waals surface area contributed by atoms with Gasteiger partial charge in [-0.1, -0.05) is 0 Å². The molecule has 2 atom stereocenters. The van der Waals surface area contributed by atoms with Crippen LogP contribution in [0.15, 0.2) is 24.3 Å². The number of benzene rings is 1. The standard InChI is InChI=1S/C18H25N3O3/c1-13-12-15(6-7-19-13)18(24)21-10-8-20(9-11-21)17(23)14-2-4-16(22)5-3-14/h2-5,13,15,19,22H,6-12H2,1H3/t13-,15-/m0/s1. The zero-order chi connectivity index (χ0) is 17.1. The Morgan fingerprint density at radius 2 is 1.71 bits per heavy atom. The predicted octanol–water partition coefficient (Wildman–Crippen LogP) is 1.06. The number of nitrogens with zero attached hydrogens (tertiary/aromatic N) is 2. The van der Waals surface area contributed by atoms with Crippen molar-refractivity contribution in [3.05, 3.63) is 29.8 Å². The molecule has 0 aliphatic carbocycles. The Kier molecular flexibility index (Phi) is 5.04. The third-order valence-corrected chi connectivity index (χ3v) is 4.97. The lowest BCUT2D eigenvalue weighted by Gasteiger charge is -2.38. The third kappa shape index (κ3) is 3.70. The average molecular weight is 331 g/mol. The van der Waals surface area contributed by atoms with Crippen LogP contribution in [-0.2, 0) is 4.79 Å². The number of phenolic OH excluding ortho intramolecular Hbond substituents is 1. The summed E-state index contributed by atoms with van der Waals surface area (Å²) in [6.45, 7) is 5.34. The Morgan fingerprint density at radius 3 is 2.33 bits per heavy atom. The van der Waals surface area contributed by atoms with Gasteiger partial charge < -0.3 is 20.2 Å². The molecule has 0 unspecified atom stereocenters. The average Bonchev–Trinajstić information content (AvgIpc) is 2.61. The van der Waals surface area contributed by atoms with Crippen LogP contribution in [0.1, 0.15) is 30.1 Å². The number of carbonyl (C=O) groups is 2. The minimum atomic E-state index is -0.0439. The second-order valence-corrected chi connectivity index (χ2v) is 6.74. The van der Waals surface area contributed by atoms with Crippen molar-refractivity contribution in [2.45, 2.75) is 25.8 Å². The molecule has 1 aromatic rings. The van der Waals surface area contributed by atoms with Crippen molar-refractivity contribution in [3.8, 4) is 5.75 Å². The largest absolute Gasteiger partial charge is 0.508 e. The Morgan fingerprint density at radius 1 is 1.08 bits per heavy atom. The zero-order valence-electron chi connectivity index (χ0n) is 14.1. The number of phenols is 1. The first-order valence-corrected chi connectivity index (χ1v) is 8.65. The number of hydrogen-bond donors (Lipinski definition) is 2. The predicted molar refractivity (Wildman–Crippen MR) is 90.8 cm³/mol. The van der Waals surface area contributed by atoms with Crippen molar-refractivity contribution in [3.63, 3.8) is 0 Å². The lowest BCUT2D eigenvalue weighted by molar-refractivity contribution is -0.138. The van der Waals surface area contributed by atoms with Gasteiger partial charge in [0.1, 0.15) is 5.75 Å². The highest BCUT2D eigenvalue weighted by Gasteiger charge is 2.31. The monoisotopic (exact) mass is 331 g/mol. The van der Waals surface area contributed by atoms with E-state index in [1.54, 1.807) is 17.0 Å². The summed E-state index contributed by atoms with van der Waals surface area (Å²) in [7, 11) is 0. The fraction of sp³-hybridized carbons (Fsp3) is 0.556. The maximum absolute atomic E-state index is 12.6. The highest BCUT2D eigenvalue weighted by molar-refractivity contribution is 5.94. The van der Waals surface area contributed by atoms with Crippen LogP contribution in [0.5, 0.6) is 5.75 Å². The maximum Gasteiger partial charge on any atom is 0.253 e. The summed E-state index contributed by atoms with van der Waals surface area (Å²) in [6, 6.07) is 6.69. The van der Waals surface area contributed by atoms with Crippen LogP contribution < -0.4 is 5.32 Å². The molecule has 6 nitrogen and oxygen atoms in total. The Hall–Kier alpha value is -2.08. The third-order valence-electron chi connectivity index (χ3n) is 4.97. The van der Waals surface area contributed by atoms with Gasteiger partial charge >= 0.3 is 0 Å². The molecule has 6 heteroatoms. The van der Waals surface area contributed by atoms with E-state index in [9.17, 15) is 14.7 Å². The number of nitrogens with one attached hydrogen (secondary N) is 1. The molecule has 2 saturated heterocycles. The Labute approximate surface area is 142 Å². The van der Waals surface area contributed by atoms with E-state index in [0.717, 1.165) is 19.4 Å². The molecule has 0 aromatic heterocycles. The van der Waals surface area contributed by atoms with E-state index in [0.29, 0.717) is 37.8 Å². The smallest absolute Gasteiger partial charge is 0.253 e. The quantitative estimate of drug-likeness (QED) is 0.850. The van der Waals surface area contributed by atoms with Crippen LogP contribution in [0.3, 0.4) is 0 Å². The van der Waals surface area contributed by atoms with Crippen LogP contribution >= 0.6 is 0 Å². The zero-order valence-corrected chi connectivity index (χ0v) is 14.1. The first kappa shape index (κ1) is 16.8. The molecule has 2 aliphatic heterocycles. The van der Waals surface area contributed by atoms with Crippen molar-refractivity contribution >= 4 is 11.8 Å². The summed E-state index contributed by atoms with van der Waals surface area (Å²) >= 11 is 0. The van der Waals surface area contributed by atoms with Crippen LogP contribution in [0.25, 0.3) is 0 Å². The number of piperidine rings is 1. The van der Waals surface area contributed by atoms with Crippen molar-refractivity contribution in [2.75, 3.05) is 32.7 Å². The van der Waals surface area contributed by atoms with Gasteiger partial charge in [0.05, 0.1) is 0 Å². The van der Waals surface area contributed by atoms with E-state index < -0.39 is 0 Å². The maximum atomic E-state index is 12.6. The first-order valence-electron chi connectivity index (χ1n) is 8.65. The van der Waals surface area contributed by atoms with E-state index in [2.05, 4.69) is 12.2 Å². The second kappa shape index (κ2) is 7.21. The number of carbonyl (C=O) groups excluding carboxylic acids is 2. The van der Waals surface area contributed by atoms with Gasteiger partial charge in [0, 0.05) is 43.7 Å². The highest BCUT2D eigenvalue weighted by Crippen LogP contribution is 2.20. The van der Waals surface area contributed by atoms with E-state index in [-0.39, 0.29) is 23.5 Å². The summed E-state index contributed by atoms with van der Waals surface area (Å²) in [5, 5.41) is 12.7. The van der Waals surface area contributed by atoms with E-state index in [1.165, 1.54) is 12.1 Å². The molecule has 0 spiro atoms. The van der Waals surface area contributed by atoms with Gasteiger partial charge in [-0.3, -0.25) is 9.59 Å². The topological polar surface area (TPSA) is 72.9 Å². The van der Waals surface area contributed by atoms with Gasteiger partial charge in [0.2, 0.25) is 5.91 Å². The molecule has 2 aliphatic rings. The first-order chi connectivity index (χ1) is 11.5. The highest BCUT2D eigenvalue weighted by atomic mass is 16.3. The molecule has 24 heavy (non-hydrogen) atoms. The lowest BCUT2D eigenvalue weighted by Crippen LogP contribution is -2.53. The van der Waals surface area contributed by atoms with Crippen molar-refractivity contribution < 1.29 is 14.7 Å². The van der Waals surface area contributed by atoms with Gasteiger partial charge in [-0.15, -0.1) is 0 Å². The molecule has 0 bridgehead atoms. The van der Waals surface area contributed by atoms with Gasteiger partial charge in [-0.25, -0.2) is 0 Å². The summed E-state index contributed by atoms with van der Waals surface area (Å²) in [5.74, 6) is 0.455. The minimum Gasteiger partial charge on any atom is -0.508 e. The molecular weight excluding hydrogens is 306 g/mol. The molecule has 2 amide bonds. The SMILES string of the molecule is C[C@H]1C[C@@H](C(=O)N2CCN(C(=O)c3ccc(O)cc3)CC2)CCN1. The van der Waals surface area contributed by atoms with Crippen molar-refractivity contribution in [2.24, 2.45) is 5.92 Å². The van der Waals surface area contributed by atoms with Crippen LogP contribution in [0.2, 0.25) is 0 Å². The molecule has 0 radical (unpaired) electrons. The summed E-state index contributed by atoms with van der Waals surface area (Å²) < 4.78 is 0. The van der Waals surface area contributed by atoms with Crippen molar-refractivity contribution in [1.29, 1.82) is 0 Å². The van der Waals surface area contributed by atoms with Crippen LogP contribution in [0.4, 0.5) is 0 Å². The number of amides is 2. The summed E-state index contributed by atoms with van der Waals surface area (Å²) in [5.41, 5.74) is 0.569.